The van der Waals surface area contributed by atoms with Gasteiger partial charge in [0, 0.05) is 5.41 Å². The van der Waals surface area contributed by atoms with Gasteiger partial charge in [-0.1, -0.05) is 107 Å². The molecule has 1 aromatic carbocycles. The number of rotatable bonds is 4. The summed E-state index contributed by atoms with van der Waals surface area (Å²) < 4.78 is 0. The fraction of sp³-hybridized carbons (Fsp3) is 0.333. The van der Waals surface area contributed by atoms with Crippen LogP contribution < -0.4 is 0 Å². The topological polar surface area (TPSA) is 0 Å². The quantitative estimate of drug-likeness (QED) is 0.515. The normalized spacial score (nSPS) is 20.6. The zero-order valence-electron chi connectivity index (χ0n) is 16.1. The fourth-order valence-corrected chi connectivity index (χ4v) is 2.65. The van der Waals surface area contributed by atoms with Gasteiger partial charge in [-0.05, 0) is 36.5 Å². The van der Waals surface area contributed by atoms with Gasteiger partial charge in [0.1, 0.15) is 0 Å². The van der Waals surface area contributed by atoms with Gasteiger partial charge in [0.05, 0.1) is 0 Å². The zero-order valence-corrected chi connectivity index (χ0v) is 16.1. The Morgan fingerprint density at radius 1 is 1.04 bits per heavy atom. The molecule has 0 aromatic heterocycles. The van der Waals surface area contributed by atoms with Gasteiger partial charge in [-0.15, -0.1) is 0 Å². The van der Waals surface area contributed by atoms with E-state index in [0.717, 1.165) is 0 Å². The summed E-state index contributed by atoms with van der Waals surface area (Å²) in [5.74, 6) is 0.559. The third-order valence-corrected chi connectivity index (χ3v) is 3.99. The van der Waals surface area contributed by atoms with Gasteiger partial charge < -0.3 is 0 Å². The molecular formula is C24H32. The van der Waals surface area contributed by atoms with E-state index in [1.54, 1.807) is 0 Å². The molecular weight excluding hydrogens is 288 g/mol. The summed E-state index contributed by atoms with van der Waals surface area (Å²) in [5, 5.41) is 0. The van der Waals surface area contributed by atoms with Crippen LogP contribution in [-0.4, -0.2) is 0 Å². The predicted molar refractivity (Wildman–Crippen MR) is 109 cm³/mol. The smallest absolute Gasteiger partial charge is 0.0295 e. The Kier molecular flexibility index (Phi) is 8.26. The van der Waals surface area contributed by atoms with Gasteiger partial charge in [0.2, 0.25) is 0 Å². The molecule has 0 bridgehead atoms. The molecule has 0 nitrogen and oxygen atoms in total. The Morgan fingerprint density at radius 2 is 1.71 bits per heavy atom. The summed E-state index contributed by atoms with van der Waals surface area (Å²) in [6.07, 6.45) is 17.8. The van der Waals surface area contributed by atoms with Gasteiger partial charge in [-0.25, -0.2) is 0 Å². The summed E-state index contributed by atoms with van der Waals surface area (Å²) >= 11 is 0. The lowest BCUT2D eigenvalue weighted by Crippen LogP contribution is -2.16. The van der Waals surface area contributed by atoms with Crippen molar-refractivity contribution in [3.63, 3.8) is 0 Å². The molecule has 1 aliphatic rings. The Labute approximate surface area is 149 Å². The molecule has 2 rings (SSSR count). The summed E-state index contributed by atoms with van der Waals surface area (Å²) in [6, 6.07) is 10.7. The highest BCUT2D eigenvalue weighted by Gasteiger charge is 2.22. The van der Waals surface area contributed by atoms with E-state index in [4.69, 9.17) is 0 Å². The Balaban J connectivity index is 0.00000139. The molecule has 0 heterocycles. The van der Waals surface area contributed by atoms with E-state index in [1.807, 2.05) is 13.8 Å². The van der Waals surface area contributed by atoms with E-state index in [0.29, 0.717) is 5.92 Å². The Morgan fingerprint density at radius 3 is 2.29 bits per heavy atom. The predicted octanol–water partition coefficient (Wildman–Crippen LogP) is 7.18. The van der Waals surface area contributed by atoms with Crippen molar-refractivity contribution in [3.05, 3.63) is 95.6 Å². The maximum absolute atomic E-state index is 2.36. The van der Waals surface area contributed by atoms with E-state index in [1.165, 1.54) is 16.7 Å². The summed E-state index contributed by atoms with van der Waals surface area (Å²) in [6.45, 7) is 12.8. The lowest BCUT2D eigenvalue weighted by atomic mass is 9.80. The van der Waals surface area contributed by atoms with Crippen LogP contribution in [0.1, 0.15) is 47.1 Å². The minimum absolute atomic E-state index is 0.0833. The van der Waals surface area contributed by atoms with Crippen LogP contribution in [0, 0.1) is 5.92 Å². The largest absolute Gasteiger partial charge is 0.0814 e. The van der Waals surface area contributed by atoms with Gasteiger partial charge in [0.15, 0.2) is 0 Å². The fourth-order valence-electron chi connectivity index (χ4n) is 2.65. The number of hydrogen-bond donors (Lipinski definition) is 0. The maximum Gasteiger partial charge on any atom is 0.0295 e. The third kappa shape index (κ3) is 5.53. The lowest BCUT2D eigenvalue weighted by molar-refractivity contribution is 0.755. The SMILES string of the molecule is C/C=C(\C=C/C(C)C)C1=CC(C)(c2ccccc2)C=CC=C1.CC. The summed E-state index contributed by atoms with van der Waals surface area (Å²) in [7, 11) is 0. The number of allylic oxidation sites excluding steroid dienone is 10. The van der Waals surface area contributed by atoms with Crippen LogP contribution >= 0.6 is 0 Å². The van der Waals surface area contributed by atoms with Gasteiger partial charge >= 0.3 is 0 Å². The highest BCUT2D eigenvalue weighted by molar-refractivity contribution is 5.53. The maximum atomic E-state index is 2.36. The first-order valence-corrected chi connectivity index (χ1v) is 9.04. The van der Waals surface area contributed by atoms with Crippen molar-refractivity contribution >= 4 is 0 Å². The van der Waals surface area contributed by atoms with Crippen LogP contribution in [0.3, 0.4) is 0 Å². The zero-order chi connectivity index (χ0) is 18.0. The highest BCUT2D eigenvalue weighted by Crippen LogP contribution is 2.32. The molecule has 24 heavy (non-hydrogen) atoms. The first kappa shape index (κ1) is 20.0. The molecule has 0 heteroatoms. The van der Waals surface area contributed by atoms with Crippen LogP contribution in [-0.2, 0) is 5.41 Å². The summed E-state index contributed by atoms with van der Waals surface area (Å²) in [5.41, 5.74) is 3.78. The second-order valence-electron chi connectivity index (χ2n) is 6.31. The van der Waals surface area contributed by atoms with E-state index >= 15 is 0 Å². The first-order valence-electron chi connectivity index (χ1n) is 9.04. The van der Waals surface area contributed by atoms with Crippen molar-refractivity contribution in [2.75, 3.05) is 0 Å². The molecule has 1 aliphatic carbocycles. The standard InChI is InChI=1S/C22H26.C2H6/c1-5-19(15-14-18(2)3)20-11-9-10-16-22(4,17-20)21-12-7-6-8-13-21;1-2/h5-18H,1-4H3;1-2H3/b15-14-,19-5+;. The molecule has 0 saturated carbocycles. The average molecular weight is 321 g/mol. The van der Waals surface area contributed by atoms with Gasteiger partial charge in [-0.2, -0.15) is 0 Å². The molecule has 1 aromatic rings. The van der Waals surface area contributed by atoms with Crippen molar-refractivity contribution in [1.82, 2.24) is 0 Å². The second-order valence-corrected chi connectivity index (χ2v) is 6.31. The number of benzene rings is 1. The van der Waals surface area contributed by atoms with Crippen LogP contribution in [0.2, 0.25) is 0 Å². The minimum atomic E-state index is -0.0833. The molecule has 0 aliphatic heterocycles. The molecule has 0 N–H and O–H groups in total. The van der Waals surface area contributed by atoms with Crippen molar-refractivity contribution in [2.45, 2.75) is 47.0 Å². The monoisotopic (exact) mass is 320 g/mol. The molecule has 0 fully saturated rings. The molecule has 128 valence electrons. The van der Waals surface area contributed by atoms with E-state index in [2.05, 4.69) is 107 Å². The molecule has 0 radical (unpaired) electrons. The van der Waals surface area contributed by atoms with E-state index in [-0.39, 0.29) is 5.41 Å². The van der Waals surface area contributed by atoms with Crippen molar-refractivity contribution in [3.8, 4) is 0 Å². The Bertz CT molecular complexity index is 636. The van der Waals surface area contributed by atoms with Gasteiger partial charge in [0.25, 0.3) is 0 Å². The van der Waals surface area contributed by atoms with Gasteiger partial charge in [-0.3, -0.25) is 0 Å². The number of hydrogen-bond acceptors (Lipinski definition) is 0. The van der Waals surface area contributed by atoms with Crippen molar-refractivity contribution in [1.29, 1.82) is 0 Å². The molecule has 1 atom stereocenters. The van der Waals surface area contributed by atoms with Crippen LogP contribution in [0.15, 0.2) is 90.1 Å². The van der Waals surface area contributed by atoms with E-state index in [9.17, 15) is 0 Å². The molecule has 0 amide bonds. The molecule has 0 saturated heterocycles. The second kappa shape index (κ2) is 9.93. The van der Waals surface area contributed by atoms with Crippen LogP contribution in [0.4, 0.5) is 0 Å². The molecule has 1 unspecified atom stereocenters. The van der Waals surface area contributed by atoms with Crippen LogP contribution in [0.5, 0.6) is 0 Å². The highest BCUT2D eigenvalue weighted by atomic mass is 14.3. The van der Waals surface area contributed by atoms with Crippen molar-refractivity contribution < 1.29 is 0 Å². The van der Waals surface area contributed by atoms with Crippen molar-refractivity contribution in [2.24, 2.45) is 5.92 Å². The minimum Gasteiger partial charge on any atom is -0.0814 e. The average Bonchev–Trinajstić information content (AvgIpc) is 2.81. The van der Waals surface area contributed by atoms with E-state index < -0.39 is 0 Å². The lowest BCUT2D eigenvalue weighted by Gasteiger charge is -2.23. The third-order valence-electron chi connectivity index (χ3n) is 3.99. The summed E-state index contributed by atoms with van der Waals surface area (Å²) in [4.78, 5) is 0. The first-order chi connectivity index (χ1) is 11.5. The van der Waals surface area contributed by atoms with Crippen LogP contribution in [0.25, 0.3) is 0 Å². The Hall–Kier alpha value is -2.08. The molecule has 0 spiro atoms.